The van der Waals surface area contributed by atoms with Crippen molar-refractivity contribution in [3.8, 4) is 0 Å². The molecule has 1 aliphatic heterocycles. The molecule has 1 fully saturated rings. The SMILES string of the molecule is COC(=O)c1ccc(CN2CCCC2CO)nc1. The molecular formula is C13H18N2O3. The second kappa shape index (κ2) is 5.93. The number of methoxy groups -OCH3 is 1. The molecule has 1 aromatic heterocycles. The third-order valence-electron chi connectivity index (χ3n) is 3.32. The summed E-state index contributed by atoms with van der Waals surface area (Å²) in [4.78, 5) is 17.7. The lowest BCUT2D eigenvalue weighted by molar-refractivity contribution is 0.0600. The van der Waals surface area contributed by atoms with Crippen LogP contribution in [0.1, 0.15) is 28.9 Å². The number of carbonyl (C=O) groups is 1. The van der Waals surface area contributed by atoms with Gasteiger partial charge in [-0.2, -0.15) is 0 Å². The quantitative estimate of drug-likeness (QED) is 0.802. The number of rotatable bonds is 4. The van der Waals surface area contributed by atoms with E-state index in [9.17, 15) is 9.90 Å². The Kier molecular flexibility index (Phi) is 4.28. The number of likely N-dealkylation sites (tertiary alicyclic amines) is 1. The van der Waals surface area contributed by atoms with E-state index in [0.717, 1.165) is 25.1 Å². The molecule has 1 N–H and O–H groups in total. The number of aromatic nitrogens is 1. The molecule has 1 unspecified atom stereocenters. The topological polar surface area (TPSA) is 62.7 Å². The third-order valence-corrected chi connectivity index (χ3v) is 3.32. The van der Waals surface area contributed by atoms with Gasteiger partial charge >= 0.3 is 5.97 Å². The molecule has 98 valence electrons. The normalized spacial score (nSPS) is 20.0. The Labute approximate surface area is 106 Å². The Morgan fingerprint density at radius 1 is 1.61 bits per heavy atom. The van der Waals surface area contributed by atoms with Crippen LogP contribution >= 0.6 is 0 Å². The number of esters is 1. The van der Waals surface area contributed by atoms with Gasteiger partial charge in [-0.25, -0.2) is 4.79 Å². The molecule has 1 aromatic rings. The van der Waals surface area contributed by atoms with Gasteiger partial charge in [0.1, 0.15) is 0 Å². The number of nitrogens with zero attached hydrogens (tertiary/aromatic N) is 2. The summed E-state index contributed by atoms with van der Waals surface area (Å²) in [6.07, 6.45) is 3.69. The van der Waals surface area contributed by atoms with Gasteiger partial charge in [0.2, 0.25) is 0 Å². The van der Waals surface area contributed by atoms with E-state index in [1.807, 2.05) is 6.07 Å². The molecule has 18 heavy (non-hydrogen) atoms. The van der Waals surface area contributed by atoms with Gasteiger partial charge in [0.15, 0.2) is 0 Å². The van der Waals surface area contributed by atoms with Gasteiger partial charge in [-0.15, -0.1) is 0 Å². The van der Waals surface area contributed by atoms with Gasteiger partial charge in [0.25, 0.3) is 0 Å². The number of ether oxygens (including phenoxy) is 1. The smallest absolute Gasteiger partial charge is 0.339 e. The predicted octanol–water partition coefficient (Wildman–Crippen LogP) is 0.825. The number of hydrogen-bond donors (Lipinski definition) is 1. The minimum atomic E-state index is -0.372. The number of pyridine rings is 1. The van der Waals surface area contributed by atoms with E-state index < -0.39 is 0 Å². The first-order chi connectivity index (χ1) is 8.74. The Balaban J connectivity index is 2.00. The molecule has 1 aliphatic rings. The van der Waals surface area contributed by atoms with E-state index in [1.165, 1.54) is 13.3 Å². The zero-order valence-electron chi connectivity index (χ0n) is 10.5. The summed E-state index contributed by atoms with van der Waals surface area (Å²) in [6.45, 7) is 1.90. The number of aliphatic hydroxyl groups is 1. The Morgan fingerprint density at radius 2 is 2.44 bits per heavy atom. The van der Waals surface area contributed by atoms with Crippen LogP contribution in [0.15, 0.2) is 18.3 Å². The molecule has 0 spiro atoms. The van der Waals surface area contributed by atoms with Crippen molar-refractivity contribution in [2.24, 2.45) is 0 Å². The standard InChI is InChI=1S/C13H18N2O3/c1-18-13(17)10-4-5-11(14-7-10)8-15-6-2-3-12(15)9-16/h4-5,7,12,16H,2-3,6,8-9H2,1H3. The van der Waals surface area contributed by atoms with Gasteiger partial charge in [-0.05, 0) is 31.5 Å². The highest BCUT2D eigenvalue weighted by molar-refractivity contribution is 5.88. The summed E-state index contributed by atoms with van der Waals surface area (Å²) < 4.78 is 4.62. The van der Waals surface area contributed by atoms with Crippen molar-refractivity contribution in [2.45, 2.75) is 25.4 Å². The first-order valence-corrected chi connectivity index (χ1v) is 6.12. The zero-order valence-corrected chi connectivity index (χ0v) is 10.5. The van der Waals surface area contributed by atoms with Gasteiger partial charge in [-0.3, -0.25) is 9.88 Å². The predicted molar refractivity (Wildman–Crippen MR) is 66.1 cm³/mol. The summed E-state index contributed by atoms with van der Waals surface area (Å²) in [5.74, 6) is -0.372. The lowest BCUT2D eigenvalue weighted by Crippen LogP contribution is -2.31. The molecule has 1 atom stereocenters. The van der Waals surface area contributed by atoms with E-state index in [4.69, 9.17) is 0 Å². The highest BCUT2D eigenvalue weighted by Gasteiger charge is 2.23. The molecule has 0 saturated carbocycles. The molecule has 0 bridgehead atoms. The van der Waals surface area contributed by atoms with Crippen LogP contribution in [0.4, 0.5) is 0 Å². The van der Waals surface area contributed by atoms with Crippen LogP contribution in [0.2, 0.25) is 0 Å². The summed E-state index contributed by atoms with van der Waals surface area (Å²) in [5.41, 5.74) is 1.37. The molecule has 0 aliphatic carbocycles. The van der Waals surface area contributed by atoms with E-state index >= 15 is 0 Å². The van der Waals surface area contributed by atoms with Crippen LogP contribution < -0.4 is 0 Å². The molecule has 2 heterocycles. The van der Waals surface area contributed by atoms with Crippen LogP contribution in [0.3, 0.4) is 0 Å². The fraction of sp³-hybridized carbons (Fsp3) is 0.538. The lowest BCUT2D eigenvalue weighted by atomic mass is 10.2. The maximum atomic E-state index is 11.3. The second-order valence-electron chi connectivity index (χ2n) is 4.48. The number of carbonyl (C=O) groups excluding carboxylic acids is 1. The van der Waals surface area contributed by atoms with Gasteiger partial charge in [0.05, 0.1) is 25.0 Å². The van der Waals surface area contributed by atoms with Crippen LogP contribution in [0.5, 0.6) is 0 Å². The van der Waals surface area contributed by atoms with Crippen LogP contribution in [-0.4, -0.2) is 47.3 Å². The highest BCUT2D eigenvalue weighted by atomic mass is 16.5. The first-order valence-electron chi connectivity index (χ1n) is 6.12. The van der Waals surface area contributed by atoms with Crippen molar-refractivity contribution in [1.29, 1.82) is 0 Å². The molecule has 0 radical (unpaired) electrons. The Morgan fingerprint density at radius 3 is 3.06 bits per heavy atom. The molecule has 5 nitrogen and oxygen atoms in total. The summed E-state index contributed by atoms with van der Waals surface area (Å²) >= 11 is 0. The van der Waals surface area contributed by atoms with Crippen molar-refractivity contribution >= 4 is 5.97 Å². The molecule has 5 heteroatoms. The van der Waals surface area contributed by atoms with E-state index in [1.54, 1.807) is 6.07 Å². The lowest BCUT2D eigenvalue weighted by Gasteiger charge is -2.21. The van der Waals surface area contributed by atoms with Crippen molar-refractivity contribution < 1.29 is 14.6 Å². The summed E-state index contributed by atoms with van der Waals surface area (Å²) in [7, 11) is 1.35. The Bertz CT molecular complexity index is 405. The van der Waals surface area contributed by atoms with Gasteiger partial charge in [0, 0.05) is 18.8 Å². The minimum Gasteiger partial charge on any atom is -0.465 e. The number of aliphatic hydroxyl groups excluding tert-OH is 1. The van der Waals surface area contributed by atoms with Crippen molar-refractivity contribution in [3.63, 3.8) is 0 Å². The van der Waals surface area contributed by atoms with Gasteiger partial charge < -0.3 is 9.84 Å². The highest BCUT2D eigenvalue weighted by Crippen LogP contribution is 2.18. The molecule has 1 saturated heterocycles. The summed E-state index contributed by atoms with van der Waals surface area (Å²) in [6, 6.07) is 3.80. The average Bonchev–Trinajstić information content (AvgIpc) is 2.86. The third kappa shape index (κ3) is 2.86. The van der Waals surface area contributed by atoms with Crippen molar-refractivity contribution in [3.05, 3.63) is 29.6 Å². The van der Waals surface area contributed by atoms with E-state index in [-0.39, 0.29) is 18.6 Å². The van der Waals surface area contributed by atoms with E-state index in [0.29, 0.717) is 12.1 Å². The minimum absolute atomic E-state index is 0.195. The van der Waals surface area contributed by atoms with Crippen LogP contribution in [-0.2, 0) is 11.3 Å². The second-order valence-corrected chi connectivity index (χ2v) is 4.48. The van der Waals surface area contributed by atoms with Crippen molar-refractivity contribution in [1.82, 2.24) is 9.88 Å². The number of hydrogen-bond acceptors (Lipinski definition) is 5. The molecule has 0 amide bonds. The first kappa shape index (κ1) is 13.0. The maximum Gasteiger partial charge on any atom is 0.339 e. The van der Waals surface area contributed by atoms with E-state index in [2.05, 4.69) is 14.6 Å². The van der Waals surface area contributed by atoms with Crippen LogP contribution in [0, 0.1) is 0 Å². The fourth-order valence-electron chi connectivity index (χ4n) is 2.27. The monoisotopic (exact) mass is 250 g/mol. The Hall–Kier alpha value is -1.46. The molecule has 2 rings (SSSR count). The van der Waals surface area contributed by atoms with Crippen LogP contribution in [0.25, 0.3) is 0 Å². The zero-order chi connectivity index (χ0) is 13.0. The molecule has 0 aromatic carbocycles. The van der Waals surface area contributed by atoms with Gasteiger partial charge in [-0.1, -0.05) is 0 Å². The van der Waals surface area contributed by atoms with Crippen molar-refractivity contribution in [2.75, 3.05) is 20.3 Å². The maximum absolute atomic E-state index is 11.3. The largest absolute Gasteiger partial charge is 0.465 e. The average molecular weight is 250 g/mol. The summed E-state index contributed by atoms with van der Waals surface area (Å²) in [5, 5.41) is 9.24. The fourth-order valence-corrected chi connectivity index (χ4v) is 2.27. The molecular weight excluding hydrogens is 232 g/mol.